The van der Waals surface area contributed by atoms with Crippen LogP contribution in [0.2, 0.25) is 0 Å². The van der Waals surface area contributed by atoms with Crippen LogP contribution in [0, 0.1) is 6.92 Å². The Labute approximate surface area is 123 Å². The van der Waals surface area contributed by atoms with Gasteiger partial charge in [0.1, 0.15) is 0 Å². The summed E-state index contributed by atoms with van der Waals surface area (Å²) < 4.78 is 0. The molecule has 0 bridgehead atoms. The summed E-state index contributed by atoms with van der Waals surface area (Å²) >= 11 is 0. The van der Waals surface area contributed by atoms with Gasteiger partial charge in [0.25, 0.3) is 5.91 Å². The summed E-state index contributed by atoms with van der Waals surface area (Å²) in [5, 5.41) is 4.88. The molecule has 3 amide bonds. The number of rotatable bonds is 3. The lowest BCUT2D eigenvalue weighted by atomic mass is 10.1. The van der Waals surface area contributed by atoms with E-state index in [9.17, 15) is 9.59 Å². The lowest BCUT2D eigenvalue weighted by Gasteiger charge is -2.08. The first-order chi connectivity index (χ1) is 10.1. The van der Waals surface area contributed by atoms with Crippen LogP contribution >= 0.6 is 0 Å². The van der Waals surface area contributed by atoms with Gasteiger partial charge in [-0.05, 0) is 24.6 Å². The van der Waals surface area contributed by atoms with E-state index in [0.29, 0.717) is 12.2 Å². The molecule has 2 rings (SSSR count). The van der Waals surface area contributed by atoms with Crippen molar-refractivity contribution < 1.29 is 9.59 Å². The van der Waals surface area contributed by atoms with Crippen molar-refractivity contribution in [3.8, 4) is 0 Å². The van der Waals surface area contributed by atoms with Gasteiger partial charge in [-0.2, -0.15) is 0 Å². The van der Waals surface area contributed by atoms with Crippen LogP contribution in [0.3, 0.4) is 0 Å². The average molecular weight is 283 g/mol. The molecule has 0 aliphatic carbocycles. The number of carbonyl (C=O) groups is 2. The highest BCUT2D eigenvalue weighted by Gasteiger charge is 2.12. The number of hydrogen-bond acceptors (Lipinski definition) is 3. The largest absolute Gasteiger partial charge is 0.398 e. The van der Waals surface area contributed by atoms with E-state index in [0.717, 1.165) is 11.1 Å². The summed E-state index contributed by atoms with van der Waals surface area (Å²) in [6.45, 7) is 2.34. The van der Waals surface area contributed by atoms with Gasteiger partial charge in [-0.25, -0.2) is 4.79 Å². The second kappa shape index (κ2) is 6.56. The Bertz CT molecular complexity index is 651. The van der Waals surface area contributed by atoms with Crippen molar-refractivity contribution in [1.29, 1.82) is 0 Å². The Balaban J connectivity index is 1.89. The number of amides is 3. The summed E-state index contributed by atoms with van der Waals surface area (Å²) in [7, 11) is 0. The molecule has 5 nitrogen and oxygen atoms in total. The minimum atomic E-state index is -0.552. The van der Waals surface area contributed by atoms with E-state index in [1.807, 2.05) is 31.2 Å². The fraction of sp³-hybridized carbons (Fsp3) is 0.125. The highest BCUT2D eigenvalue weighted by molar-refractivity contribution is 6.07. The molecule has 0 radical (unpaired) electrons. The number of imide groups is 1. The molecule has 2 aromatic rings. The third-order valence-electron chi connectivity index (χ3n) is 3.01. The molecule has 0 spiro atoms. The lowest BCUT2D eigenvalue weighted by molar-refractivity contribution is 0.0965. The molecule has 0 saturated heterocycles. The SMILES string of the molecule is Cc1ccc(CNC(=O)NC(=O)c2ccccc2N)cc1. The molecule has 0 saturated carbocycles. The predicted octanol–water partition coefficient (Wildman–Crippen LogP) is 2.22. The van der Waals surface area contributed by atoms with E-state index in [-0.39, 0.29) is 5.56 Å². The average Bonchev–Trinajstić information content (AvgIpc) is 2.47. The van der Waals surface area contributed by atoms with Gasteiger partial charge < -0.3 is 11.1 Å². The first kappa shape index (κ1) is 14.6. The molecule has 0 aromatic heterocycles. The molecule has 0 atom stereocenters. The minimum absolute atomic E-state index is 0.281. The van der Waals surface area contributed by atoms with Gasteiger partial charge >= 0.3 is 6.03 Å². The van der Waals surface area contributed by atoms with Crippen LogP contribution in [0.25, 0.3) is 0 Å². The summed E-state index contributed by atoms with van der Waals surface area (Å²) in [5.74, 6) is -0.519. The molecule has 0 aliphatic rings. The van der Waals surface area contributed by atoms with Gasteiger partial charge in [0.05, 0.1) is 5.56 Å². The number of hydrogen-bond donors (Lipinski definition) is 3. The molecular formula is C16H17N3O2. The number of para-hydroxylation sites is 1. The molecule has 5 heteroatoms. The van der Waals surface area contributed by atoms with Crippen molar-refractivity contribution in [2.45, 2.75) is 13.5 Å². The van der Waals surface area contributed by atoms with Gasteiger partial charge in [-0.3, -0.25) is 10.1 Å². The van der Waals surface area contributed by atoms with Gasteiger partial charge in [-0.15, -0.1) is 0 Å². The zero-order valence-corrected chi connectivity index (χ0v) is 11.7. The van der Waals surface area contributed by atoms with Gasteiger partial charge in [0.15, 0.2) is 0 Å². The van der Waals surface area contributed by atoms with E-state index >= 15 is 0 Å². The van der Waals surface area contributed by atoms with Crippen LogP contribution < -0.4 is 16.4 Å². The van der Waals surface area contributed by atoms with E-state index in [1.54, 1.807) is 24.3 Å². The Hall–Kier alpha value is -2.82. The Morgan fingerprint density at radius 2 is 1.71 bits per heavy atom. The fourth-order valence-electron chi connectivity index (χ4n) is 1.81. The molecular weight excluding hydrogens is 266 g/mol. The summed E-state index contributed by atoms with van der Waals surface area (Å²) in [6.07, 6.45) is 0. The molecule has 0 heterocycles. The number of nitrogens with two attached hydrogens (primary N) is 1. The zero-order valence-electron chi connectivity index (χ0n) is 11.7. The van der Waals surface area contributed by atoms with Crippen LogP contribution in [-0.4, -0.2) is 11.9 Å². The Kier molecular flexibility index (Phi) is 4.56. The van der Waals surface area contributed by atoms with Crippen LogP contribution in [0.5, 0.6) is 0 Å². The van der Waals surface area contributed by atoms with Crippen LogP contribution in [0.15, 0.2) is 48.5 Å². The molecule has 4 N–H and O–H groups in total. The third-order valence-corrected chi connectivity index (χ3v) is 3.01. The maximum atomic E-state index is 11.9. The quantitative estimate of drug-likeness (QED) is 0.755. The standard InChI is InChI=1S/C16H17N3O2/c1-11-6-8-12(9-7-11)10-18-16(21)19-15(20)13-4-2-3-5-14(13)17/h2-9H,10,17H2,1H3,(H2,18,19,20,21). The number of nitrogen functional groups attached to an aromatic ring is 1. The van der Waals surface area contributed by atoms with Gasteiger partial charge in [0.2, 0.25) is 0 Å². The van der Waals surface area contributed by atoms with Crippen molar-refractivity contribution >= 4 is 17.6 Å². The number of benzene rings is 2. The number of carbonyl (C=O) groups excluding carboxylic acids is 2. The summed E-state index contributed by atoms with van der Waals surface area (Å²) in [6, 6.07) is 13.8. The minimum Gasteiger partial charge on any atom is -0.398 e. The number of nitrogens with one attached hydrogen (secondary N) is 2. The molecule has 2 aromatic carbocycles. The van der Waals surface area contributed by atoms with Crippen LogP contribution in [0.1, 0.15) is 21.5 Å². The monoisotopic (exact) mass is 283 g/mol. The maximum Gasteiger partial charge on any atom is 0.321 e. The van der Waals surface area contributed by atoms with E-state index in [2.05, 4.69) is 10.6 Å². The topological polar surface area (TPSA) is 84.2 Å². The van der Waals surface area contributed by atoms with E-state index in [4.69, 9.17) is 5.73 Å². The van der Waals surface area contributed by atoms with Gasteiger partial charge in [-0.1, -0.05) is 42.0 Å². The van der Waals surface area contributed by atoms with Crippen molar-refractivity contribution in [3.63, 3.8) is 0 Å². The summed E-state index contributed by atoms with van der Waals surface area (Å²) in [5.41, 5.74) is 8.41. The Morgan fingerprint density at radius 1 is 1.05 bits per heavy atom. The molecule has 108 valence electrons. The number of anilines is 1. The molecule has 0 fully saturated rings. The highest BCUT2D eigenvalue weighted by atomic mass is 16.2. The van der Waals surface area contributed by atoms with Gasteiger partial charge in [0, 0.05) is 12.2 Å². The molecule has 0 aliphatic heterocycles. The van der Waals surface area contributed by atoms with Crippen LogP contribution in [-0.2, 0) is 6.54 Å². The number of aryl methyl sites for hydroxylation is 1. The Morgan fingerprint density at radius 3 is 2.38 bits per heavy atom. The third kappa shape index (κ3) is 4.07. The molecule has 21 heavy (non-hydrogen) atoms. The van der Waals surface area contributed by atoms with Crippen molar-refractivity contribution in [2.75, 3.05) is 5.73 Å². The van der Waals surface area contributed by atoms with E-state index < -0.39 is 11.9 Å². The normalized spacial score (nSPS) is 9.95. The highest BCUT2D eigenvalue weighted by Crippen LogP contribution is 2.09. The number of urea groups is 1. The summed E-state index contributed by atoms with van der Waals surface area (Å²) in [4.78, 5) is 23.6. The fourth-order valence-corrected chi connectivity index (χ4v) is 1.81. The van der Waals surface area contributed by atoms with Crippen molar-refractivity contribution in [3.05, 3.63) is 65.2 Å². The maximum absolute atomic E-state index is 11.9. The van der Waals surface area contributed by atoms with E-state index in [1.165, 1.54) is 0 Å². The predicted molar refractivity (Wildman–Crippen MR) is 81.7 cm³/mol. The zero-order chi connectivity index (χ0) is 15.2. The van der Waals surface area contributed by atoms with Crippen molar-refractivity contribution in [1.82, 2.24) is 10.6 Å². The second-order valence-electron chi connectivity index (χ2n) is 4.71. The lowest BCUT2D eigenvalue weighted by Crippen LogP contribution is -2.39. The van der Waals surface area contributed by atoms with Crippen LogP contribution in [0.4, 0.5) is 10.5 Å². The van der Waals surface area contributed by atoms with Crippen molar-refractivity contribution in [2.24, 2.45) is 0 Å². The molecule has 0 unspecified atom stereocenters. The first-order valence-electron chi connectivity index (χ1n) is 6.55. The second-order valence-corrected chi connectivity index (χ2v) is 4.71. The first-order valence-corrected chi connectivity index (χ1v) is 6.55. The smallest absolute Gasteiger partial charge is 0.321 e.